The molecular formula is C11H14N2O2. The van der Waals surface area contributed by atoms with E-state index < -0.39 is 0 Å². The van der Waals surface area contributed by atoms with Gasteiger partial charge in [0.15, 0.2) is 0 Å². The number of aromatic nitrogens is 1. The minimum absolute atomic E-state index is 0.350. The molecule has 0 spiro atoms. The molecule has 4 nitrogen and oxygen atoms in total. The van der Waals surface area contributed by atoms with Crippen LogP contribution < -0.4 is 0 Å². The van der Waals surface area contributed by atoms with Crippen molar-refractivity contribution < 1.29 is 9.53 Å². The summed E-state index contributed by atoms with van der Waals surface area (Å²) in [5, 5.41) is 0. The van der Waals surface area contributed by atoms with E-state index in [1.54, 1.807) is 18.6 Å². The van der Waals surface area contributed by atoms with Crippen molar-refractivity contribution in [1.29, 1.82) is 0 Å². The number of hydrogen-bond acceptors (Lipinski definition) is 4. The molecular weight excluding hydrogens is 192 g/mol. The number of rotatable bonds is 4. The van der Waals surface area contributed by atoms with Crippen molar-refractivity contribution >= 4 is 5.97 Å². The third-order valence-corrected chi connectivity index (χ3v) is 1.85. The van der Waals surface area contributed by atoms with Gasteiger partial charge in [-0.05, 0) is 17.7 Å². The van der Waals surface area contributed by atoms with Crippen LogP contribution in [0, 0.1) is 0 Å². The summed E-state index contributed by atoms with van der Waals surface area (Å²) in [6.45, 7) is 0.732. The van der Waals surface area contributed by atoms with Crippen molar-refractivity contribution in [2.24, 2.45) is 0 Å². The lowest BCUT2D eigenvalue weighted by molar-refractivity contribution is -0.134. The van der Waals surface area contributed by atoms with Crippen LogP contribution in [0.2, 0.25) is 0 Å². The smallest absolute Gasteiger partial charge is 0.331 e. The van der Waals surface area contributed by atoms with E-state index >= 15 is 0 Å². The molecule has 0 unspecified atom stereocenters. The van der Waals surface area contributed by atoms with Crippen LogP contribution in [0.4, 0.5) is 0 Å². The predicted molar refractivity (Wildman–Crippen MR) is 56.9 cm³/mol. The van der Waals surface area contributed by atoms with E-state index in [0.29, 0.717) is 0 Å². The number of methoxy groups -OCH3 is 1. The van der Waals surface area contributed by atoms with Crippen molar-refractivity contribution in [2.75, 3.05) is 14.2 Å². The van der Waals surface area contributed by atoms with E-state index in [2.05, 4.69) is 9.72 Å². The van der Waals surface area contributed by atoms with Gasteiger partial charge in [-0.2, -0.15) is 0 Å². The summed E-state index contributed by atoms with van der Waals surface area (Å²) in [6.07, 6.45) is 6.56. The number of nitrogens with zero attached hydrogens (tertiary/aromatic N) is 2. The van der Waals surface area contributed by atoms with Gasteiger partial charge in [-0.3, -0.25) is 4.98 Å². The second-order valence-corrected chi connectivity index (χ2v) is 3.11. The lowest BCUT2D eigenvalue weighted by Gasteiger charge is -2.13. The van der Waals surface area contributed by atoms with Crippen molar-refractivity contribution in [3.8, 4) is 0 Å². The Bertz CT molecular complexity index is 336. The average molecular weight is 206 g/mol. The number of esters is 1. The first-order chi connectivity index (χ1) is 7.22. The number of carbonyl (C=O) groups excluding carboxylic acids is 1. The SMILES string of the molecule is COC(=O)C=CN(C)Cc1ccncc1. The standard InChI is InChI=1S/C11H14N2O2/c1-13(8-5-11(14)15-2)9-10-3-6-12-7-4-10/h3-8H,9H2,1-2H3. The Labute approximate surface area is 89.2 Å². The van der Waals surface area contributed by atoms with Gasteiger partial charge in [0, 0.05) is 38.3 Å². The summed E-state index contributed by atoms with van der Waals surface area (Å²) in [5.74, 6) is -0.350. The largest absolute Gasteiger partial charge is 0.466 e. The summed E-state index contributed by atoms with van der Waals surface area (Å²) >= 11 is 0. The molecule has 0 N–H and O–H groups in total. The summed E-state index contributed by atoms with van der Waals surface area (Å²) in [6, 6.07) is 3.87. The maximum absolute atomic E-state index is 10.8. The minimum atomic E-state index is -0.350. The maximum Gasteiger partial charge on any atom is 0.331 e. The van der Waals surface area contributed by atoms with Crippen LogP contribution in [0.3, 0.4) is 0 Å². The second-order valence-electron chi connectivity index (χ2n) is 3.11. The van der Waals surface area contributed by atoms with Crippen LogP contribution >= 0.6 is 0 Å². The average Bonchev–Trinajstić information content (AvgIpc) is 2.27. The van der Waals surface area contributed by atoms with Crippen molar-refractivity contribution in [3.63, 3.8) is 0 Å². The lowest BCUT2D eigenvalue weighted by Crippen LogP contribution is -2.11. The topological polar surface area (TPSA) is 42.4 Å². The number of pyridine rings is 1. The number of hydrogen-bond donors (Lipinski definition) is 0. The molecule has 0 aromatic carbocycles. The van der Waals surface area contributed by atoms with Crippen molar-refractivity contribution in [1.82, 2.24) is 9.88 Å². The molecule has 0 aliphatic carbocycles. The fourth-order valence-electron chi connectivity index (χ4n) is 1.09. The van der Waals surface area contributed by atoms with E-state index in [-0.39, 0.29) is 5.97 Å². The molecule has 0 saturated carbocycles. The minimum Gasteiger partial charge on any atom is -0.466 e. The highest BCUT2D eigenvalue weighted by Crippen LogP contribution is 2.01. The normalized spacial score (nSPS) is 10.3. The van der Waals surface area contributed by atoms with Gasteiger partial charge in [0.1, 0.15) is 0 Å². The molecule has 1 aromatic heterocycles. The maximum atomic E-state index is 10.8. The first kappa shape index (κ1) is 11.2. The number of ether oxygens (including phenoxy) is 1. The van der Waals surface area contributed by atoms with Gasteiger partial charge < -0.3 is 9.64 Å². The van der Waals surface area contributed by atoms with Gasteiger partial charge in [0.2, 0.25) is 0 Å². The van der Waals surface area contributed by atoms with Crippen molar-refractivity contribution in [3.05, 3.63) is 42.4 Å². The Morgan fingerprint density at radius 3 is 2.80 bits per heavy atom. The molecule has 1 rings (SSSR count). The van der Waals surface area contributed by atoms with Crippen LogP contribution in [0.5, 0.6) is 0 Å². The summed E-state index contributed by atoms with van der Waals surface area (Å²) in [5.41, 5.74) is 1.14. The Hall–Kier alpha value is -1.84. The summed E-state index contributed by atoms with van der Waals surface area (Å²) < 4.78 is 4.49. The molecule has 0 aliphatic rings. The third-order valence-electron chi connectivity index (χ3n) is 1.85. The molecule has 0 amide bonds. The summed E-state index contributed by atoms with van der Waals surface area (Å²) in [7, 11) is 3.25. The van der Waals surface area contributed by atoms with Crippen LogP contribution in [-0.2, 0) is 16.1 Å². The molecule has 0 saturated heterocycles. The van der Waals surface area contributed by atoms with Gasteiger partial charge in [0.05, 0.1) is 7.11 Å². The quantitative estimate of drug-likeness (QED) is 0.548. The second kappa shape index (κ2) is 5.80. The van der Waals surface area contributed by atoms with Gasteiger partial charge in [-0.25, -0.2) is 4.79 Å². The zero-order valence-corrected chi connectivity index (χ0v) is 8.88. The van der Waals surface area contributed by atoms with E-state index in [1.165, 1.54) is 13.2 Å². The molecule has 0 bridgehead atoms. The van der Waals surface area contributed by atoms with E-state index in [9.17, 15) is 4.79 Å². The zero-order chi connectivity index (χ0) is 11.1. The Kier molecular flexibility index (Phi) is 4.34. The molecule has 0 fully saturated rings. The monoisotopic (exact) mass is 206 g/mol. The van der Waals surface area contributed by atoms with E-state index in [4.69, 9.17) is 0 Å². The highest BCUT2D eigenvalue weighted by atomic mass is 16.5. The Morgan fingerprint density at radius 1 is 1.53 bits per heavy atom. The molecule has 15 heavy (non-hydrogen) atoms. The molecule has 4 heteroatoms. The van der Waals surface area contributed by atoms with Crippen LogP contribution in [0.1, 0.15) is 5.56 Å². The molecule has 1 aromatic rings. The van der Waals surface area contributed by atoms with Gasteiger partial charge >= 0.3 is 5.97 Å². The Morgan fingerprint density at radius 2 is 2.20 bits per heavy atom. The molecule has 0 radical (unpaired) electrons. The molecule has 80 valence electrons. The third kappa shape index (κ3) is 4.26. The lowest BCUT2D eigenvalue weighted by atomic mass is 10.2. The van der Waals surface area contributed by atoms with Crippen molar-refractivity contribution in [2.45, 2.75) is 6.54 Å². The first-order valence-electron chi connectivity index (χ1n) is 4.57. The molecule has 0 atom stereocenters. The zero-order valence-electron chi connectivity index (χ0n) is 8.88. The molecule has 1 heterocycles. The molecule has 0 aliphatic heterocycles. The summed E-state index contributed by atoms with van der Waals surface area (Å²) in [4.78, 5) is 16.6. The van der Waals surface area contributed by atoms with Crippen LogP contribution in [-0.4, -0.2) is 30.0 Å². The van der Waals surface area contributed by atoms with Gasteiger partial charge in [-0.15, -0.1) is 0 Å². The van der Waals surface area contributed by atoms with Crippen LogP contribution in [0.15, 0.2) is 36.8 Å². The fourth-order valence-corrected chi connectivity index (χ4v) is 1.09. The van der Waals surface area contributed by atoms with Crippen LogP contribution in [0.25, 0.3) is 0 Å². The van der Waals surface area contributed by atoms with E-state index in [1.807, 2.05) is 24.1 Å². The van der Waals surface area contributed by atoms with Gasteiger partial charge in [0.25, 0.3) is 0 Å². The first-order valence-corrected chi connectivity index (χ1v) is 4.57. The highest BCUT2D eigenvalue weighted by Gasteiger charge is 1.96. The number of carbonyl (C=O) groups is 1. The Balaban J connectivity index is 2.46. The van der Waals surface area contributed by atoms with Gasteiger partial charge in [-0.1, -0.05) is 0 Å². The predicted octanol–water partition coefficient (Wildman–Crippen LogP) is 1.20. The highest BCUT2D eigenvalue weighted by molar-refractivity contribution is 5.81. The van der Waals surface area contributed by atoms with E-state index in [0.717, 1.165) is 12.1 Å². The fraction of sp³-hybridized carbons (Fsp3) is 0.273.